The molecule has 25 heavy (non-hydrogen) atoms. The Morgan fingerprint density at radius 2 is 1.76 bits per heavy atom. The lowest BCUT2D eigenvalue weighted by Crippen LogP contribution is -2.53. The van der Waals surface area contributed by atoms with Gasteiger partial charge in [0, 0.05) is 29.7 Å². The van der Waals surface area contributed by atoms with Crippen molar-refractivity contribution in [2.24, 2.45) is 5.92 Å². The van der Waals surface area contributed by atoms with Crippen molar-refractivity contribution in [1.82, 2.24) is 5.32 Å². The second kappa shape index (κ2) is 6.45. The molecule has 128 valence electrons. The molecule has 4 heteroatoms. The number of carbonyl (C=O) groups excluding carboxylic acids is 2. The molecule has 3 atom stereocenters. The van der Waals surface area contributed by atoms with Gasteiger partial charge in [0.15, 0.2) is 5.78 Å². The van der Waals surface area contributed by atoms with Crippen LogP contribution in [0.2, 0.25) is 0 Å². The zero-order valence-corrected chi connectivity index (χ0v) is 14.2. The molecule has 1 aliphatic carbocycles. The summed E-state index contributed by atoms with van der Waals surface area (Å²) in [5, 5.41) is 3.09. The van der Waals surface area contributed by atoms with E-state index in [0.717, 1.165) is 25.0 Å². The Hall–Kier alpha value is -2.46. The average molecular weight is 335 g/mol. The molecule has 1 saturated heterocycles. The molecule has 0 unspecified atom stereocenters. The number of benzene rings is 2. The van der Waals surface area contributed by atoms with Crippen molar-refractivity contribution in [3.63, 3.8) is 0 Å². The standard InChI is InChI=1S/C21H21NO3/c1-13-6-8-14(9-7-13)20(23)15-4-2-3-5-16(15)21(24)22-18-12-19-17(18)10-11-25-19/h2-9,17-19H,10-12H2,1H3,(H,22,24)/t17-,18+,19+/m1/s1. The quantitative estimate of drug-likeness (QED) is 0.874. The topological polar surface area (TPSA) is 55.4 Å². The van der Waals surface area contributed by atoms with Gasteiger partial charge in [0.05, 0.1) is 11.7 Å². The minimum absolute atomic E-state index is 0.124. The maximum atomic E-state index is 12.8. The summed E-state index contributed by atoms with van der Waals surface area (Å²) in [6.07, 6.45) is 2.17. The van der Waals surface area contributed by atoms with Crippen molar-refractivity contribution in [3.8, 4) is 0 Å². The zero-order valence-electron chi connectivity index (χ0n) is 14.2. The highest BCUT2D eigenvalue weighted by Gasteiger charge is 2.45. The third-order valence-corrected chi connectivity index (χ3v) is 5.31. The van der Waals surface area contributed by atoms with Crippen LogP contribution in [-0.4, -0.2) is 30.4 Å². The fourth-order valence-corrected chi connectivity index (χ4v) is 3.75. The lowest BCUT2D eigenvalue weighted by atomic mass is 9.76. The van der Waals surface area contributed by atoms with E-state index in [-0.39, 0.29) is 17.7 Å². The van der Waals surface area contributed by atoms with Crippen molar-refractivity contribution in [3.05, 3.63) is 70.8 Å². The molecule has 1 saturated carbocycles. The van der Waals surface area contributed by atoms with E-state index in [2.05, 4.69) is 5.32 Å². The van der Waals surface area contributed by atoms with E-state index >= 15 is 0 Å². The van der Waals surface area contributed by atoms with E-state index in [9.17, 15) is 9.59 Å². The summed E-state index contributed by atoms with van der Waals surface area (Å²) in [4.78, 5) is 25.6. The number of nitrogens with one attached hydrogen (secondary N) is 1. The van der Waals surface area contributed by atoms with Crippen molar-refractivity contribution in [2.75, 3.05) is 6.61 Å². The highest BCUT2D eigenvalue weighted by Crippen LogP contribution is 2.38. The summed E-state index contributed by atoms with van der Waals surface area (Å²) in [6, 6.07) is 14.6. The first-order chi connectivity index (χ1) is 12.1. The summed E-state index contributed by atoms with van der Waals surface area (Å²) in [5.74, 6) is 0.122. The van der Waals surface area contributed by atoms with E-state index < -0.39 is 0 Å². The number of hydrogen-bond acceptors (Lipinski definition) is 3. The molecule has 2 aliphatic rings. The number of amides is 1. The molecule has 2 aromatic rings. The number of ether oxygens (including phenoxy) is 1. The van der Waals surface area contributed by atoms with Gasteiger partial charge in [-0.25, -0.2) is 0 Å². The summed E-state index contributed by atoms with van der Waals surface area (Å²) >= 11 is 0. The molecule has 0 bridgehead atoms. The van der Waals surface area contributed by atoms with Crippen molar-refractivity contribution in [2.45, 2.75) is 31.9 Å². The van der Waals surface area contributed by atoms with Gasteiger partial charge in [-0.2, -0.15) is 0 Å². The molecule has 1 heterocycles. The van der Waals surface area contributed by atoms with E-state index in [1.165, 1.54) is 0 Å². The normalized spacial score (nSPS) is 24.3. The first-order valence-electron chi connectivity index (χ1n) is 8.76. The fourth-order valence-electron chi connectivity index (χ4n) is 3.75. The van der Waals surface area contributed by atoms with Crippen LogP contribution in [-0.2, 0) is 4.74 Å². The van der Waals surface area contributed by atoms with E-state index in [4.69, 9.17) is 4.74 Å². The van der Waals surface area contributed by atoms with E-state index in [1.807, 2.05) is 19.1 Å². The van der Waals surface area contributed by atoms with Crippen molar-refractivity contribution < 1.29 is 14.3 Å². The number of fused-ring (bicyclic) bond motifs is 1. The molecule has 2 aromatic carbocycles. The van der Waals surface area contributed by atoms with Crippen LogP contribution < -0.4 is 5.32 Å². The predicted octanol–water partition coefficient (Wildman–Crippen LogP) is 3.13. The molecule has 2 fully saturated rings. The van der Waals surface area contributed by atoms with Gasteiger partial charge in [-0.3, -0.25) is 9.59 Å². The summed E-state index contributed by atoms with van der Waals surface area (Å²) in [6.45, 7) is 2.76. The first kappa shape index (κ1) is 16.0. The maximum Gasteiger partial charge on any atom is 0.252 e. The van der Waals surface area contributed by atoms with Gasteiger partial charge in [0.1, 0.15) is 0 Å². The molecular weight excluding hydrogens is 314 g/mol. The second-order valence-corrected chi connectivity index (χ2v) is 6.92. The number of hydrogen-bond donors (Lipinski definition) is 1. The van der Waals surface area contributed by atoms with Crippen LogP contribution in [0.15, 0.2) is 48.5 Å². The highest BCUT2D eigenvalue weighted by atomic mass is 16.5. The number of carbonyl (C=O) groups is 2. The average Bonchev–Trinajstić information content (AvgIpc) is 3.00. The summed E-state index contributed by atoms with van der Waals surface area (Å²) in [5.41, 5.74) is 2.58. The van der Waals surface area contributed by atoms with Crippen molar-refractivity contribution >= 4 is 11.7 Å². The van der Waals surface area contributed by atoms with Crippen LogP contribution >= 0.6 is 0 Å². The Morgan fingerprint density at radius 3 is 2.48 bits per heavy atom. The smallest absolute Gasteiger partial charge is 0.252 e. The molecule has 0 aromatic heterocycles. The minimum atomic E-state index is -0.175. The first-order valence-corrected chi connectivity index (χ1v) is 8.76. The predicted molar refractivity (Wildman–Crippen MR) is 94.8 cm³/mol. The Labute approximate surface area is 147 Å². The van der Waals surface area contributed by atoms with Crippen LogP contribution in [0.3, 0.4) is 0 Å². The maximum absolute atomic E-state index is 12.8. The second-order valence-electron chi connectivity index (χ2n) is 6.92. The molecule has 4 nitrogen and oxygen atoms in total. The van der Waals surface area contributed by atoms with Gasteiger partial charge in [-0.15, -0.1) is 0 Å². The van der Waals surface area contributed by atoms with Gasteiger partial charge in [-0.05, 0) is 25.8 Å². The molecule has 0 spiro atoms. The van der Waals surface area contributed by atoms with Crippen molar-refractivity contribution in [1.29, 1.82) is 0 Å². The monoisotopic (exact) mass is 335 g/mol. The number of rotatable bonds is 4. The van der Waals surface area contributed by atoms with Gasteiger partial charge in [0.2, 0.25) is 0 Å². The largest absolute Gasteiger partial charge is 0.378 e. The third kappa shape index (κ3) is 2.98. The lowest BCUT2D eigenvalue weighted by Gasteiger charge is -2.39. The zero-order chi connectivity index (χ0) is 17.4. The van der Waals surface area contributed by atoms with Crippen LogP contribution in [0.1, 0.15) is 44.7 Å². The van der Waals surface area contributed by atoms with Gasteiger partial charge >= 0.3 is 0 Å². The van der Waals surface area contributed by atoms with Gasteiger partial charge in [0.25, 0.3) is 5.91 Å². The molecule has 1 amide bonds. The number of aryl methyl sites for hydroxylation is 1. The molecule has 1 aliphatic heterocycles. The summed E-state index contributed by atoms with van der Waals surface area (Å²) in [7, 11) is 0. The van der Waals surface area contributed by atoms with E-state index in [0.29, 0.717) is 28.7 Å². The Bertz CT molecular complexity index is 812. The molecular formula is C21H21NO3. The van der Waals surface area contributed by atoms with Crippen LogP contribution in [0.4, 0.5) is 0 Å². The van der Waals surface area contributed by atoms with Crippen LogP contribution in [0.5, 0.6) is 0 Å². The number of ketones is 1. The molecule has 1 N–H and O–H groups in total. The Balaban J connectivity index is 1.55. The Morgan fingerprint density at radius 1 is 1.04 bits per heavy atom. The van der Waals surface area contributed by atoms with E-state index in [1.54, 1.807) is 36.4 Å². The third-order valence-electron chi connectivity index (χ3n) is 5.31. The van der Waals surface area contributed by atoms with Crippen LogP contribution in [0, 0.1) is 12.8 Å². The molecule has 4 rings (SSSR count). The minimum Gasteiger partial charge on any atom is -0.378 e. The fraction of sp³-hybridized carbons (Fsp3) is 0.333. The van der Waals surface area contributed by atoms with Gasteiger partial charge in [-0.1, -0.05) is 48.0 Å². The Kier molecular flexibility index (Phi) is 4.14. The molecule has 0 radical (unpaired) electrons. The highest BCUT2D eigenvalue weighted by molar-refractivity contribution is 6.15. The SMILES string of the molecule is Cc1ccc(C(=O)c2ccccc2C(=O)N[C@H]2C[C@@H]3OCC[C@H]23)cc1. The summed E-state index contributed by atoms with van der Waals surface area (Å²) < 4.78 is 5.59. The van der Waals surface area contributed by atoms with Gasteiger partial charge < -0.3 is 10.1 Å². The lowest BCUT2D eigenvalue weighted by molar-refractivity contribution is 0.00807. The van der Waals surface area contributed by atoms with Crippen LogP contribution in [0.25, 0.3) is 0 Å².